The molecule has 1 N–H and O–H groups in total. The van der Waals surface area contributed by atoms with Crippen LogP contribution in [0.1, 0.15) is 6.92 Å². The highest BCUT2D eigenvalue weighted by Crippen LogP contribution is 2.10. The van der Waals surface area contributed by atoms with Crippen LogP contribution >= 0.6 is 0 Å². The smallest absolute Gasteiger partial charge is 0.244 e. The standard InChI is InChI=1S/C15H19NO4S/c1-13(2)12-20-10-9-16-15(17)8-11-21(18,19)14-6-4-3-5-7-14/h3-8,11H,1,9-10,12H2,2H3,(H,16,17)/b11-8+. The van der Waals surface area contributed by atoms with Gasteiger partial charge in [0.15, 0.2) is 9.84 Å². The summed E-state index contributed by atoms with van der Waals surface area (Å²) in [5, 5.41) is 3.43. The number of benzene rings is 1. The van der Waals surface area contributed by atoms with Gasteiger partial charge in [0.05, 0.1) is 18.1 Å². The molecule has 0 aliphatic heterocycles. The van der Waals surface area contributed by atoms with Crippen molar-refractivity contribution in [1.82, 2.24) is 5.32 Å². The van der Waals surface area contributed by atoms with Gasteiger partial charge < -0.3 is 10.1 Å². The molecule has 0 bridgehead atoms. The van der Waals surface area contributed by atoms with Gasteiger partial charge in [0.2, 0.25) is 5.91 Å². The second-order valence-corrected chi connectivity index (χ2v) is 6.30. The summed E-state index contributed by atoms with van der Waals surface area (Å²) in [4.78, 5) is 11.6. The van der Waals surface area contributed by atoms with Crippen molar-refractivity contribution >= 4 is 15.7 Å². The van der Waals surface area contributed by atoms with E-state index in [9.17, 15) is 13.2 Å². The molecule has 0 spiro atoms. The molecule has 0 saturated carbocycles. The molecular weight excluding hydrogens is 290 g/mol. The van der Waals surface area contributed by atoms with Gasteiger partial charge in [-0.05, 0) is 19.1 Å². The monoisotopic (exact) mass is 309 g/mol. The molecule has 114 valence electrons. The van der Waals surface area contributed by atoms with Gasteiger partial charge in [-0.2, -0.15) is 0 Å². The highest BCUT2D eigenvalue weighted by molar-refractivity contribution is 7.94. The zero-order chi connectivity index (χ0) is 15.7. The Labute approximate surface area is 125 Å². The fraction of sp³-hybridized carbons (Fsp3) is 0.267. The molecule has 5 nitrogen and oxygen atoms in total. The Morgan fingerprint density at radius 3 is 2.62 bits per heavy atom. The van der Waals surface area contributed by atoms with Crippen LogP contribution in [-0.2, 0) is 19.4 Å². The molecule has 21 heavy (non-hydrogen) atoms. The summed E-state index contributed by atoms with van der Waals surface area (Å²) in [5.41, 5.74) is 0.898. The third-order valence-electron chi connectivity index (χ3n) is 2.36. The Kier molecular flexibility index (Phi) is 6.84. The summed E-state index contributed by atoms with van der Waals surface area (Å²) >= 11 is 0. The Hall–Kier alpha value is -1.92. The van der Waals surface area contributed by atoms with Crippen molar-refractivity contribution in [2.75, 3.05) is 19.8 Å². The maximum atomic E-state index is 11.9. The number of ether oxygens (including phenoxy) is 1. The molecule has 0 radical (unpaired) electrons. The van der Waals surface area contributed by atoms with Gasteiger partial charge in [-0.3, -0.25) is 4.79 Å². The van der Waals surface area contributed by atoms with Crippen molar-refractivity contribution in [3.8, 4) is 0 Å². The first kappa shape index (κ1) is 17.1. The van der Waals surface area contributed by atoms with Crippen LogP contribution in [0.3, 0.4) is 0 Å². The molecular formula is C15H19NO4S. The number of carbonyl (C=O) groups is 1. The summed E-state index contributed by atoms with van der Waals surface area (Å²) in [6.45, 7) is 6.62. The van der Waals surface area contributed by atoms with Crippen molar-refractivity contribution in [3.05, 3.63) is 54.0 Å². The Balaban J connectivity index is 2.42. The lowest BCUT2D eigenvalue weighted by atomic mass is 10.4. The average Bonchev–Trinajstić information content (AvgIpc) is 2.45. The van der Waals surface area contributed by atoms with Crippen LogP contribution in [0.25, 0.3) is 0 Å². The van der Waals surface area contributed by atoms with E-state index in [1.807, 2.05) is 6.92 Å². The van der Waals surface area contributed by atoms with Crippen molar-refractivity contribution in [2.45, 2.75) is 11.8 Å². The van der Waals surface area contributed by atoms with Gasteiger partial charge in [0, 0.05) is 18.0 Å². The van der Waals surface area contributed by atoms with E-state index in [1.54, 1.807) is 18.2 Å². The van der Waals surface area contributed by atoms with E-state index in [0.717, 1.165) is 17.1 Å². The minimum atomic E-state index is -3.59. The van der Waals surface area contributed by atoms with Crippen LogP contribution in [0, 0.1) is 0 Å². The lowest BCUT2D eigenvalue weighted by molar-refractivity contribution is -0.116. The van der Waals surface area contributed by atoms with Gasteiger partial charge >= 0.3 is 0 Å². The molecule has 0 aromatic heterocycles. The van der Waals surface area contributed by atoms with Crippen LogP contribution in [0.15, 0.2) is 58.9 Å². The number of nitrogens with one attached hydrogen (secondary N) is 1. The zero-order valence-corrected chi connectivity index (χ0v) is 12.7. The predicted molar refractivity (Wildman–Crippen MR) is 81.4 cm³/mol. The van der Waals surface area contributed by atoms with Gasteiger partial charge in [-0.15, -0.1) is 0 Å². The van der Waals surface area contributed by atoms with Gasteiger partial charge in [0.1, 0.15) is 0 Å². The van der Waals surface area contributed by atoms with Crippen LogP contribution in [0.5, 0.6) is 0 Å². The van der Waals surface area contributed by atoms with E-state index < -0.39 is 15.7 Å². The molecule has 1 aromatic rings. The van der Waals surface area contributed by atoms with Crippen LogP contribution in [-0.4, -0.2) is 34.1 Å². The Bertz CT molecular complexity index is 606. The minimum Gasteiger partial charge on any atom is -0.375 e. The first-order valence-corrected chi connectivity index (χ1v) is 7.94. The maximum Gasteiger partial charge on any atom is 0.244 e. The Morgan fingerprint density at radius 1 is 1.33 bits per heavy atom. The lowest BCUT2D eigenvalue weighted by Crippen LogP contribution is -2.25. The Morgan fingerprint density at radius 2 is 2.00 bits per heavy atom. The van der Waals surface area contributed by atoms with Crippen LogP contribution in [0.2, 0.25) is 0 Å². The fourth-order valence-electron chi connectivity index (χ4n) is 1.39. The molecule has 1 amide bonds. The van der Waals surface area contributed by atoms with Gasteiger partial charge in [-0.1, -0.05) is 30.4 Å². The van der Waals surface area contributed by atoms with Crippen molar-refractivity contribution < 1.29 is 17.9 Å². The number of amides is 1. The quantitative estimate of drug-likeness (QED) is 0.450. The van der Waals surface area contributed by atoms with Gasteiger partial charge in [0.25, 0.3) is 0 Å². The molecule has 1 aromatic carbocycles. The second kappa shape index (κ2) is 8.39. The van der Waals surface area contributed by atoms with E-state index in [4.69, 9.17) is 4.74 Å². The van der Waals surface area contributed by atoms with Gasteiger partial charge in [-0.25, -0.2) is 8.42 Å². The third kappa shape index (κ3) is 6.87. The number of hydrogen-bond donors (Lipinski definition) is 1. The summed E-state index contributed by atoms with van der Waals surface area (Å²) < 4.78 is 29.0. The van der Waals surface area contributed by atoms with Crippen molar-refractivity contribution in [1.29, 1.82) is 0 Å². The van der Waals surface area contributed by atoms with E-state index in [0.29, 0.717) is 19.8 Å². The third-order valence-corrected chi connectivity index (χ3v) is 3.79. The lowest BCUT2D eigenvalue weighted by Gasteiger charge is -2.04. The topological polar surface area (TPSA) is 72.5 Å². The van der Waals surface area contributed by atoms with Crippen LogP contribution < -0.4 is 5.32 Å². The predicted octanol–water partition coefficient (Wildman–Crippen LogP) is 1.68. The zero-order valence-electron chi connectivity index (χ0n) is 11.9. The molecule has 0 unspecified atom stereocenters. The minimum absolute atomic E-state index is 0.152. The van der Waals surface area contributed by atoms with E-state index in [1.165, 1.54) is 12.1 Å². The maximum absolute atomic E-state index is 11.9. The second-order valence-electron chi connectivity index (χ2n) is 4.46. The number of sulfone groups is 1. The first-order chi connectivity index (χ1) is 9.92. The normalized spacial score (nSPS) is 11.5. The highest BCUT2D eigenvalue weighted by Gasteiger charge is 2.09. The molecule has 0 heterocycles. The van der Waals surface area contributed by atoms with Crippen molar-refractivity contribution in [3.63, 3.8) is 0 Å². The number of hydrogen-bond acceptors (Lipinski definition) is 4. The van der Waals surface area contributed by atoms with E-state index >= 15 is 0 Å². The molecule has 0 aliphatic rings. The molecule has 0 saturated heterocycles. The van der Waals surface area contributed by atoms with Crippen LogP contribution in [0.4, 0.5) is 0 Å². The molecule has 0 aliphatic carbocycles. The summed E-state index contributed by atoms with van der Waals surface area (Å²) in [5.74, 6) is -0.478. The van der Waals surface area contributed by atoms with E-state index in [2.05, 4.69) is 11.9 Å². The SMILES string of the molecule is C=C(C)COCCNC(=O)/C=C/S(=O)(=O)c1ccccc1. The number of rotatable bonds is 8. The molecule has 6 heteroatoms. The number of carbonyl (C=O) groups excluding carboxylic acids is 1. The average molecular weight is 309 g/mol. The summed E-state index contributed by atoms with van der Waals surface area (Å²) in [6, 6.07) is 7.92. The van der Waals surface area contributed by atoms with Crippen molar-refractivity contribution in [2.24, 2.45) is 0 Å². The molecule has 1 rings (SSSR count). The first-order valence-electron chi connectivity index (χ1n) is 6.40. The summed E-state index contributed by atoms with van der Waals surface area (Å²) in [6.07, 6.45) is 1.00. The largest absolute Gasteiger partial charge is 0.375 e. The fourth-order valence-corrected chi connectivity index (χ4v) is 2.39. The molecule has 0 fully saturated rings. The summed E-state index contributed by atoms with van der Waals surface area (Å²) in [7, 11) is -3.59. The highest BCUT2D eigenvalue weighted by atomic mass is 32.2. The van der Waals surface area contributed by atoms with E-state index in [-0.39, 0.29) is 4.90 Å². The molecule has 0 atom stereocenters.